The average molecular weight is 398 g/mol. The Bertz CT molecular complexity index is 1060. The Hall–Kier alpha value is -3.42. The zero-order chi connectivity index (χ0) is 20.6. The molecule has 0 unspecified atom stereocenters. The van der Waals surface area contributed by atoms with Crippen molar-refractivity contribution in [3.05, 3.63) is 77.1 Å². The van der Waals surface area contributed by atoms with Gasteiger partial charge in [0.25, 0.3) is 5.91 Å². The third kappa shape index (κ3) is 3.91. The number of carbonyl (C=O) groups excluding carboxylic acids is 1. The smallest absolute Gasteiger partial charge is 0.321 e. The van der Waals surface area contributed by atoms with Crippen molar-refractivity contribution in [2.45, 2.75) is 19.5 Å². The summed E-state index contributed by atoms with van der Waals surface area (Å²) in [6, 6.07) is 13.8. The summed E-state index contributed by atoms with van der Waals surface area (Å²) < 4.78 is 38.0. The van der Waals surface area contributed by atoms with Crippen LogP contribution < -0.4 is 10.2 Å². The number of halogens is 3. The van der Waals surface area contributed by atoms with E-state index in [0.717, 1.165) is 24.2 Å². The van der Waals surface area contributed by atoms with Crippen molar-refractivity contribution < 1.29 is 18.0 Å². The lowest BCUT2D eigenvalue weighted by atomic mass is 10.2. The number of fused-ring (bicyclic) bond motifs is 1. The fourth-order valence-electron chi connectivity index (χ4n) is 3.27. The first-order valence-corrected chi connectivity index (χ1v) is 9.01. The number of aryl methyl sites for hydroxylation is 1. The number of hydrogen-bond donors (Lipinski definition) is 1. The molecular formula is C21H17F3N4O. The van der Waals surface area contributed by atoms with Gasteiger partial charge in [0.1, 0.15) is 5.69 Å². The van der Waals surface area contributed by atoms with Crippen LogP contribution in [0.15, 0.2) is 54.6 Å². The van der Waals surface area contributed by atoms with Gasteiger partial charge in [-0.15, -0.1) is 0 Å². The van der Waals surface area contributed by atoms with Crippen LogP contribution in [-0.2, 0) is 12.6 Å². The summed E-state index contributed by atoms with van der Waals surface area (Å²) in [6.45, 7) is 2.48. The van der Waals surface area contributed by atoms with Crippen molar-refractivity contribution in [1.29, 1.82) is 0 Å². The van der Waals surface area contributed by atoms with E-state index in [4.69, 9.17) is 0 Å². The lowest BCUT2D eigenvalue weighted by Crippen LogP contribution is -2.20. The van der Waals surface area contributed by atoms with Gasteiger partial charge in [0.15, 0.2) is 0 Å². The first-order valence-electron chi connectivity index (χ1n) is 9.01. The molecule has 29 heavy (non-hydrogen) atoms. The van der Waals surface area contributed by atoms with Crippen LogP contribution in [0.4, 0.5) is 30.5 Å². The first-order chi connectivity index (χ1) is 13.8. The maximum absolute atomic E-state index is 12.7. The largest absolute Gasteiger partial charge is 0.416 e. The number of anilines is 3. The molecule has 0 aliphatic carbocycles. The highest BCUT2D eigenvalue weighted by Crippen LogP contribution is 2.33. The fourth-order valence-corrected chi connectivity index (χ4v) is 3.27. The summed E-state index contributed by atoms with van der Waals surface area (Å²) in [7, 11) is 0. The zero-order valence-corrected chi connectivity index (χ0v) is 15.5. The average Bonchev–Trinajstić information content (AvgIpc) is 3.11. The van der Waals surface area contributed by atoms with E-state index in [0.29, 0.717) is 18.2 Å². The highest BCUT2D eigenvalue weighted by atomic mass is 19.4. The van der Waals surface area contributed by atoms with E-state index in [9.17, 15) is 18.0 Å². The Morgan fingerprint density at radius 3 is 2.52 bits per heavy atom. The van der Waals surface area contributed by atoms with Crippen LogP contribution in [0.5, 0.6) is 0 Å². The molecule has 4 rings (SSSR count). The molecule has 1 amide bonds. The molecule has 0 saturated carbocycles. The van der Waals surface area contributed by atoms with Crippen molar-refractivity contribution in [3.8, 4) is 0 Å². The summed E-state index contributed by atoms with van der Waals surface area (Å²) in [5.41, 5.74) is 2.45. The normalized spacial score (nSPS) is 13.3. The lowest BCUT2D eigenvalue weighted by molar-refractivity contribution is -0.137. The second-order valence-corrected chi connectivity index (χ2v) is 6.75. The number of alkyl halides is 3. The van der Waals surface area contributed by atoms with Gasteiger partial charge in [-0.05, 0) is 55.3 Å². The van der Waals surface area contributed by atoms with E-state index in [-0.39, 0.29) is 11.4 Å². The van der Waals surface area contributed by atoms with Crippen LogP contribution in [0, 0.1) is 6.92 Å². The molecule has 148 valence electrons. The van der Waals surface area contributed by atoms with Gasteiger partial charge in [0, 0.05) is 23.6 Å². The number of para-hydroxylation sites is 1. The van der Waals surface area contributed by atoms with E-state index < -0.39 is 17.6 Å². The van der Waals surface area contributed by atoms with E-state index >= 15 is 0 Å². The van der Waals surface area contributed by atoms with Gasteiger partial charge in [0.2, 0.25) is 5.95 Å². The molecule has 1 aromatic heterocycles. The van der Waals surface area contributed by atoms with Crippen molar-refractivity contribution >= 4 is 23.2 Å². The SMILES string of the molecule is Cc1cc(C(=O)Nc2ccc(C(F)(F)F)cc2)nc(N2CCc3ccccc32)n1. The molecule has 1 aliphatic rings. The van der Waals surface area contributed by atoms with Crippen LogP contribution in [0.3, 0.4) is 0 Å². The number of nitrogens with one attached hydrogen (secondary N) is 1. The molecule has 0 spiro atoms. The van der Waals surface area contributed by atoms with E-state index in [1.807, 2.05) is 29.2 Å². The second-order valence-electron chi connectivity index (χ2n) is 6.75. The Kier molecular flexibility index (Phi) is 4.70. The molecule has 2 aromatic carbocycles. The molecule has 0 radical (unpaired) electrons. The molecule has 1 aliphatic heterocycles. The summed E-state index contributed by atoms with van der Waals surface area (Å²) in [5, 5.41) is 2.59. The molecule has 0 atom stereocenters. The predicted molar refractivity (Wildman–Crippen MR) is 103 cm³/mol. The van der Waals surface area contributed by atoms with Gasteiger partial charge >= 0.3 is 6.18 Å². The zero-order valence-electron chi connectivity index (χ0n) is 15.5. The third-order valence-corrected chi connectivity index (χ3v) is 4.67. The number of hydrogen-bond acceptors (Lipinski definition) is 4. The van der Waals surface area contributed by atoms with Crippen molar-refractivity contribution in [3.63, 3.8) is 0 Å². The van der Waals surface area contributed by atoms with Crippen LogP contribution in [0.25, 0.3) is 0 Å². The van der Waals surface area contributed by atoms with Crippen LogP contribution >= 0.6 is 0 Å². The summed E-state index contributed by atoms with van der Waals surface area (Å²) in [4.78, 5) is 23.4. The van der Waals surface area contributed by atoms with Gasteiger partial charge in [-0.25, -0.2) is 9.97 Å². The Morgan fingerprint density at radius 1 is 1.07 bits per heavy atom. The number of rotatable bonds is 3. The van der Waals surface area contributed by atoms with E-state index in [1.165, 1.54) is 17.7 Å². The highest BCUT2D eigenvalue weighted by Gasteiger charge is 2.30. The Balaban J connectivity index is 1.57. The van der Waals surface area contributed by atoms with Crippen LogP contribution in [0.1, 0.15) is 27.3 Å². The van der Waals surface area contributed by atoms with E-state index in [2.05, 4.69) is 15.3 Å². The molecule has 8 heteroatoms. The quantitative estimate of drug-likeness (QED) is 0.692. The maximum Gasteiger partial charge on any atom is 0.416 e. The molecule has 1 N–H and O–H groups in total. The topological polar surface area (TPSA) is 58.1 Å². The molecular weight excluding hydrogens is 381 g/mol. The van der Waals surface area contributed by atoms with Gasteiger partial charge in [-0.2, -0.15) is 13.2 Å². The number of benzene rings is 2. The Labute approximate surface area is 165 Å². The first kappa shape index (κ1) is 18.9. The monoisotopic (exact) mass is 398 g/mol. The van der Waals surface area contributed by atoms with E-state index in [1.54, 1.807) is 13.0 Å². The molecule has 5 nitrogen and oxygen atoms in total. The highest BCUT2D eigenvalue weighted by molar-refractivity contribution is 6.03. The standard InChI is InChI=1S/C21H17F3N4O/c1-13-12-17(19(29)26-16-8-6-15(7-9-16)21(22,23)24)27-20(25-13)28-11-10-14-4-2-3-5-18(14)28/h2-9,12H,10-11H2,1H3,(H,26,29). The minimum atomic E-state index is -4.42. The van der Waals surface area contributed by atoms with Gasteiger partial charge < -0.3 is 10.2 Å². The second kappa shape index (κ2) is 7.20. The molecule has 0 bridgehead atoms. The maximum atomic E-state index is 12.7. The molecule has 0 saturated heterocycles. The minimum Gasteiger partial charge on any atom is -0.321 e. The predicted octanol–water partition coefficient (Wildman–Crippen LogP) is 4.75. The fraction of sp³-hybridized carbons (Fsp3) is 0.190. The van der Waals surface area contributed by atoms with Crippen molar-refractivity contribution in [2.75, 3.05) is 16.8 Å². The van der Waals surface area contributed by atoms with Gasteiger partial charge in [0.05, 0.1) is 5.56 Å². The molecule has 3 aromatic rings. The molecule has 0 fully saturated rings. The number of amides is 1. The third-order valence-electron chi connectivity index (χ3n) is 4.67. The summed E-state index contributed by atoms with van der Waals surface area (Å²) in [6.07, 6.45) is -3.56. The number of nitrogens with zero attached hydrogens (tertiary/aromatic N) is 3. The summed E-state index contributed by atoms with van der Waals surface area (Å²) >= 11 is 0. The number of carbonyl (C=O) groups is 1. The molecule has 2 heterocycles. The lowest BCUT2D eigenvalue weighted by Gasteiger charge is -2.18. The minimum absolute atomic E-state index is 0.150. The van der Waals surface area contributed by atoms with Gasteiger partial charge in [-0.3, -0.25) is 4.79 Å². The Morgan fingerprint density at radius 2 is 1.79 bits per heavy atom. The number of aromatic nitrogens is 2. The van der Waals surface area contributed by atoms with Crippen LogP contribution in [-0.4, -0.2) is 22.4 Å². The van der Waals surface area contributed by atoms with Gasteiger partial charge in [-0.1, -0.05) is 18.2 Å². The van der Waals surface area contributed by atoms with Crippen LogP contribution in [0.2, 0.25) is 0 Å². The summed E-state index contributed by atoms with van der Waals surface area (Å²) in [5.74, 6) is -0.0866. The van der Waals surface area contributed by atoms with Crippen molar-refractivity contribution in [1.82, 2.24) is 9.97 Å². The van der Waals surface area contributed by atoms with Crippen molar-refractivity contribution in [2.24, 2.45) is 0 Å².